The van der Waals surface area contributed by atoms with Gasteiger partial charge in [-0.25, -0.2) is 13.1 Å². The van der Waals surface area contributed by atoms with Crippen LogP contribution < -0.4 is 4.72 Å². The Kier molecular flexibility index (Phi) is 6.40. The molecule has 4 nitrogen and oxygen atoms in total. The molecule has 0 bridgehead atoms. The Morgan fingerprint density at radius 2 is 1.69 bits per heavy atom. The highest BCUT2D eigenvalue weighted by molar-refractivity contribution is 7.89. The zero-order valence-corrected chi connectivity index (χ0v) is 18.0. The van der Waals surface area contributed by atoms with Crippen molar-refractivity contribution in [1.82, 2.24) is 9.62 Å². The first-order chi connectivity index (χ1) is 14.0. The van der Waals surface area contributed by atoms with E-state index in [2.05, 4.69) is 40.0 Å². The van der Waals surface area contributed by atoms with E-state index >= 15 is 0 Å². The van der Waals surface area contributed by atoms with Gasteiger partial charge in [0.2, 0.25) is 10.0 Å². The number of nitrogens with zero attached hydrogens (tertiary/aromatic N) is 1. The minimum absolute atomic E-state index is 0.0592. The van der Waals surface area contributed by atoms with Gasteiger partial charge in [0, 0.05) is 30.2 Å². The minimum Gasteiger partial charge on any atom is -0.295 e. The van der Waals surface area contributed by atoms with Crippen molar-refractivity contribution in [2.24, 2.45) is 0 Å². The minimum atomic E-state index is -3.55. The van der Waals surface area contributed by atoms with Crippen LogP contribution in [0.5, 0.6) is 0 Å². The fourth-order valence-corrected chi connectivity index (χ4v) is 5.90. The second-order valence-electron chi connectivity index (χ2n) is 7.87. The normalized spacial score (nSPS) is 23.6. The lowest BCUT2D eigenvalue weighted by molar-refractivity contribution is 0.144. The number of rotatable bonds is 5. The number of hydrogen-bond donors (Lipinski definition) is 1. The molecule has 1 heterocycles. The second-order valence-corrected chi connectivity index (χ2v) is 10.0. The van der Waals surface area contributed by atoms with E-state index in [0.29, 0.717) is 5.02 Å². The van der Waals surface area contributed by atoms with Crippen LogP contribution in [0.4, 0.5) is 0 Å². The molecule has 0 radical (unpaired) electrons. The summed E-state index contributed by atoms with van der Waals surface area (Å²) in [6, 6.07) is 17.1. The van der Waals surface area contributed by atoms with Crippen LogP contribution in [-0.2, 0) is 10.0 Å². The molecule has 2 aromatic rings. The maximum Gasteiger partial charge on any atom is 0.240 e. The van der Waals surface area contributed by atoms with E-state index in [1.807, 2.05) is 6.07 Å². The fourth-order valence-electron chi connectivity index (χ4n) is 4.47. The zero-order valence-electron chi connectivity index (χ0n) is 16.4. The first kappa shape index (κ1) is 20.6. The molecule has 29 heavy (non-hydrogen) atoms. The van der Waals surface area contributed by atoms with E-state index in [-0.39, 0.29) is 17.0 Å². The van der Waals surface area contributed by atoms with Crippen LogP contribution in [-0.4, -0.2) is 38.5 Å². The predicted octanol–water partition coefficient (Wildman–Crippen LogP) is 4.72. The third-order valence-electron chi connectivity index (χ3n) is 6.01. The lowest BCUT2D eigenvalue weighted by Gasteiger charge is -2.41. The summed E-state index contributed by atoms with van der Waals surface area (Å²) in [6.45, 7) is 1.83. The van der Waals surface area contributed by atoms with Crippen LogP contribution in [0.25, 0.3) is 5.57 Å². The van der Waals surface area contributed by atoms with Gasteiger partial charge in [-0.1, -0.05) is 60.9 Å². The van der Waals surface area contributed by atoms with Crippen molar-refractivity contribution in [3.05, 3.63) is 71.3 Å². The number of benzene rings is 2. The predicted molar refractivity (Wildman–Crippen MR) is 118 cm³/mol. The van der Waals surface area contributed by atoms with Gasteiger partial charge in [-0.05, 0) is 54.7 Å². The van der Waals surface area contributed by atoms with Gasteiger partial charge in [-0.2, -0.15) is 0 Å². The monoisotopic (exact) mass is 430 g/mol. The summed E-state index contributed by atoms with van der Waals surface area (Å²) in [4.78, 5) is 2.72. The summed E-state index contributed by atoms with van der Waals surface area (Å²) in [5.41, 5.74) is 2.67. The first-order valence-corrected chi connectivity index (χ1v) is 12.2. The van der Waals surface area contributed by atoms with Gasteiger partial charge in [0.1, 0.15) is 0 Å². The number of nitrogens with one attached hydrogen (secondary N) is 1. The van der Waals surface area contributed by atoms with Gasteiger partial charge < -0.3 is 0 Å². The van der Waals surface area contributed by atoms with Gasteiger partial charge in [0.25, 0.3) is 0 Å². The highest BCUT2D eigenvalue weighted by Crippen LogP contribution is 2.29. The van der Waals surface area contributed by atoms with E-state index in [0.717, 1.165) is 45.2 Å². The van der Waals surface area contributed by atoms with E-state index in [1.54, 1.807) is 24.3 Å². The molecule has 2 atom stereocenters. The Hall–Kier alpha value is -1.66. The molecular formula is C23H27ClN2O2S. The summed E-state index contributed by atoms with van der Waals surface area (Å²) < 4.78 is 28.8. The molecule has 1 aliphatic heterocycles. The molecule has 0 amide bonds. The molecule has 2 aliphatic rings. The van der Waals surface area contributed by atoms with Crippen LogP contribution in [0.3, 0.4) is 0 Å². The lowest BCUT2D eigenvalue weighted by atomic mass is 9.88. The Labute approximate surface area is 178 Å². The SMILES string of the molecule is O=S(=O)(NC1CCCCC1N1CC=C(c2ccccc2)CC1)c1ccc(Cl)cc1. The molecule has 1 fully saturated rings. The molecular weight excluding hydrogens is 404 g/mol. The Balaban J connectivity index is 1.47. The van der Waals surface area contributed by atoms with Crippen LogP contribution >= 0.6 is 11.6 Å². The van der Waals surface area contributed by atoms with E-state index in [4.69, 9.17) is 11.6 Å². The van der Waals surface area contributed by atoms with Crippen molar-refractivity contribution in [3.63, 3.8) is 0 Å². The van der Waals surface area contributed by atoms with Gasteiger partial charge in [-0.3, -0.25) is 4.90 Å². The maximum absolute atomic E-state index is 12.9. The van der Waals surface area contributed by atoms with Crippen molar-refractivity contribution in [1.29, 1.82) is 0 Å². The fraction of sp³-hybridized carbons (Fsp3) is 0.391. The molecule has 6 heteroatoms. The van der Waals surface area contributed by atoms with Gasteiger partial charge in [0.05, 0.1) is 4.90 Å². The quantitative estimate of drug-likeness (QED) is 0.746. The Morgan fingerprint density at radius 3 is 2.38 bits per heavy atom. The smallest absolute Gasteiger partial charge is 0.240 e. The van der Waals surface area contributed by atoms with Crippen LogP contribution in [0, 0.1) is 0 Å². The van der Waals surface area contributed by atoms with Crippen LogP contribution in [0.2, 0.25) is 5.02 Å². The van der Waals surface area contributed by atoms with Gasteiger partial charge in [0.15, 0.2) is 0 Å². The molecule has 0 spiro atoms. The Bertz CT molecular complexity index is 958. The third-order valence-corrected chi connectivity index (χ3v) is 7.77. The molecule has 4 rings (SSSR count). The van der Waals surface area contributed by atoms with E-state index in [1.165, 1.54) is 11.1 Å². The summed E-state index contributed by atoms with van der Waals surface area (Å²) in [6.07, 6.45) is 7.42. The molecule has 1 saturated carbocycles. The highest BCUT2D eigenvalue weighted by atomic mass is 35.5. The lowest BCUT2D eigenvalue weighted by Crippen LogP contribution is -2.54. The van der Waals surface area contributed by atoms with Crippen LogP contribution in [0.15, 0.2) is 65.6 Å². The summed E-state index contributed by atoms with van der Waals surface area (Å²) >= 11 is 5.91. The van der Waals surface area contributed by atoms with Crippen molar-refractivity contribution in [2.75, 3.05) is 13.1 Å². The van der Waals surface area contributed by atoms with E-state index in [9.17, 15) is 8.42 Å². The summed E-state index contributed by atoms with van der Waals surface area (Å²) in [7, 11) is -3.55. The van der Waals surface area contributed by atoms with E-state index < -0.39 is 10.0 Å². The number of sulfonamides is 1. The van der Waals surface area contributed by atoms with Gasteiger partial charge in [-0.15, -0.1) is 0 Å². The molecule has 1 aliphatic carbocycles. The topological polar surface area (TPSA) is 49.4 Å². The maximum atomic E-state index is 12.9. The Morgan fingerprint density at radius 1 is 0.966 bits per heavy atom. The van der Waals surface area contributed by atoms with Gasteiger partial charge >= 0.3 is 0 Å². The molecule has 0 aromatic heterocycles. The number of hydrogen-bond acceptors (Lipinski definition) is 3. The average molecular weight is 431 g/mol. The average Bonchev–Trinajstić information content (AvgIpc) is 2.75. The third kappa shape index (κ3) is 4.92. The zero-order chi connectivity index (χ0) is 20.3. The molecule has 154 valence electrons. The first-order valence-electron chi connectivity index (χ1n) is 10.3. The summed E-state index contributed by atoms with van der Waals surface area (Å²) in [5.74, 6) is 0. The second kappa shape index (κ2) is 9.00. The van der Waals surface area contributed by atoms with Crippen molar-refractivity contribution < 1.29 is 8.42 Å². The largest absolute Gasteiger partial charge is 0.295 e. The number of halogens is 1. The standard InChI is InChI=1S/C23H27ClN2O2S/c24-20-10-12-21(13-11-20)29(27,28)25-22-8-4-5-9-23(22)26-16-14-19(15-17-26)18-6-2-1-3-7-18/h1-3,6-7,10-14,22-23,25H,4-5,8-9,15-17H2. The molecule has 0 saturated heterocycles. The van der Waals surface area contributed by atoms with Crippen molar-refractivity contribution in [2.45, 2.75) is 49.1 Å². The molecule has 2 aromatic carbocycles. The molecule has 2 unspecified atom stereocenters. The van der Waals surface area contributed by atoms with Crippen molar-refractivity contribution >= 4 is 27.2 Å². The van der Waals surface area contributed by atoms with Crippen molar-refractivity contribution in [3.8, 4) is 0 Å². The van der Waals surface area contributed by atoms with Crippen LogP contribution in [0.1, 0.15) is 37.7 Å². The summed E-state index contributed by atoms with van der Waals surface area (Å²) in [5, 5.41) is 0.536. The highest BCUT2D eigenvalue weighted by Gasteiger charge is 2.33. The molecule has 1 N–H and O–H groups in total.